The van der Waals surface area contributed by atoms with E-state index >= 15 is 0 Å². The summed E-state index contributed by atoms with van der Waals surface area (Å²) < 4.78 is 5.55. The fourth-order valence-electron chi connectivity index (χ4n) is 1.20. The second-order valence-electron chi connectivity index (χ2n) is 3.86. The van der Waals surface area contributed by atoms with Crippen molar-refractivity contribution in [3.05, 3.63) is 24.3 Å². The molecule has 0 spiro atoms. The second-order valence-corrected chi connectivity index (χ2v) is 4.13. The summed E-state index contributed by atoms with van der Waals surface area (Å²) in [6.45, 7) is 1.46. The number of amides is 1. The zero-order valence-electron chi connectivity index (χ0n) is 10.1. The van der Waals surface area contributed by atoms with Crippen LogP contribution in [0.2, 0.25) is 0 Å². The van der Waals surface area contributed by atoms with Crippen molar-refractivity contribution in [2.24, 2.45) is 0 Å². The Balaban J connectivity index is 2.50. The van der Waals surface area contributed by atoms with Crippen molar-refractivity contribution < 1.29 is 9.53 Å². The monoisotopic (exact) mass is 256 g/mol. The minimum atomic E-state index is -0.225. The van der Waals surface area contributed by atoms with Crippen LogP contribution in [0.3, 0.4) is 0 Å². The van der Waals surface area contributed by atoms with Crippen molar-refractivity contribution in [2.75, 3.05) is 38.4 Å². The van der Waals surface area contributed by atoms with Crippen molar-refractivity contribution in [3.63, 3.8) is 0 Å². The zero-order chi connectivity index (χ0) is 12.7. The number of hydrogen-bond acceptors (Lipinski definition) is 3. The number of benzene rings is 1. The van der Waals surface area contributed by atoms with Crippen LogP contribution in [0.15, 0.2) is 24.3 Å². The van der Waals surface area contributed by atoms with Gasteiger partial charge in [0.1, 0.15) is 18.2 Å². The Morgan fingerprint density at radius 2 is 2.24 bits per heavy atom. The number of nitrogens with one attached hydrogen (secondary N) is 1. The van der Waals surface area contributed by atoms with Crippen LogP contribution in [0.25, 0.3) is 0 Å². The molecule has 1 amide bonds. The molecule has 1 aromatic rings. The van der Waals surface area contributed by atoms with E-state index in [0.717, 1.165) is 12.3 Å². The number of halogens is 1. The summed E-state index contributed by atoms with van der Waals surface area (Å²) >= 11 is 5.41. The summed E-state index contributed by atoms with van der Waals surface area (Å²) in [5, 5.41) is 2.67. The van der Waals surface area contributed by atoms with Crippen LogP contribution in [0.4, 0.5) is 5.69 Å². The number of alkyl halides is 1. The van der Waals surface area contributed by atoms with Crippen molar-refractivity contribution in [1.82, 2.24) is 4.90 Å². The van der Waals surface area contributed by atoms with Gasteiger partial charge in [0, 0.05) is 18.3 Å². The average Bonchev–Trinajstić information content (AvgIpc) is 2.29. The first kappa shape index (κ1) is 13.8. The van der Waals surface area contributed by atoms with Crippen molar-refractivity contribution >= 4 is 23.2 Å². The molecule has 17 heavy (non-hydrogen) atoms. The van der Waals surface area contributed by atoms with E-state index in [9.17, 15) is 4.79 Å². The fraction of sp³-hybridized carbons (Fsp3) is 0.417. The van der Waals surface area contributed by atoms with Gasteiger partial charge in [0.25, 0.3) is 0 Å². The van der Waals surface area contributed by atoms with Gasteiger partial charge in [-0.1, -0.05) is 6.07 Å². The Hall–Kier alpha value is -1.26. The number of ether oxygens (including phenoxy) is 1. The first-order chi connectivity index (χ1) is 8.11. The van der Waals surface area contributed by atoms with E-state index < -0.39 is 0 Å². The van der Waals surface area contributed by atoms with E-state index in [4.69, 9.17) is 16.3 Å². The second kappa shape index (κ2) is 7.14. The molecule has 0 saturated carbocycles. The van der Waals surface area contributed by atoms with Gasteiger partial charge in [0.15, 0.2) is 0 Å². The number of rotatable bonds is 6. The third kappa shape index (κ3) is 5.56. The Morgan fingerprint density at radius 3 is 2.88 bits per heavy atom. The van der Waals surface area contributed by atoms with Gasteiger partial charge in [-0.15, -0.1) is 11.6 Å². The molecule has 0 heterocycles. The summed E-state index contributed by atoms with van der Waals surface area (Å²) in [6.07, 6.45) is 0. The molecule has 0 atom stereocenters. The predicted octanol–water partition coefficient (Wildman–Crippen LogP) is 1.80. The van der Waals surface area contributed by atoms with Gasteiger partial charge < -0.3 is 15.0 Å². The fourth-order valence-corrected chi connectivity index (χ4v) is 1.27. The number of anilines is 1. The molecule has 0 aliphatic carbocycles. The minimum absolute atomic E-state index is 0.0499. The topological polar surface area (TPSA) is 41.6 Å². The molecule has 0 unspecified atom stereocenters. The lowest BCUT2D eigenvalue weighted by molar-refractivity contribution is -0.113. The Kier molecular flexibility index (Phi) is 5.80. The van der Waals surface area contributed by atoms with Crippen LogP contribution >= 0.6 is 11.6 Å². The van der Waals surface area contributed by atoms with Crippen LogP contribution in [0, 0.1) is 0 Å². The Labute approximate surface area is 107 Å². The largest absolute Gasteiger partial charge is 0.492 e. The molecule has 0 radical (unpaired) electrons. The number of hydrogen-bond donors (Lipinski definition) is 1. The van der Waals surface area contributed by atoms with Crippen molar-refractivity contribution in [3.8, 4) is 5.75 Å². The van der Waals surface area contributed by atoms with E-state index in [1.807, 2.05) is 31.1 Å². The van der Waals surface area contributed by atoms with E-state index in [2.05, 4.69) is 5.32 Å². The lowest BCUT2D eigenvalue weighted by Gasteiger charge is -2.11. The standard InChI is InChI=1S/C12H17ClN2O2/c1-15(2)6-7-17-11-5-3-4-10(8-11)14-12(16)9-13/h3-5,8H,6-7,9H2,1-2H3,(H,14,16). The summed E-state index contributed by atoms with van der Waals surface area (Å²) in [5.41, 5.74) is 0.693. The SMILES string of the molecule is CN(C)CCOc1cccc(NC(=O)CCl)c1. The molecule has 0 aliphatic rings. The molecular formula is C12H17ClN2O2. The molecule has 94 valence electrons. The number of carbonyl (C=O) groups excluding carboxylic acids is 1. The highest BCUT2D eigenvalue weighted by Gasteiger charge is 2.01. The normalized spacial score (nSPS) is 10.4. The minimum Gasteiger partial charge on any atom is -0.492 e. The van der Waals surface area contributed by atoms with Gasteiger partial charge in [-0.25, -0.2) is 0 Å². The summed E-state index contributed by atoms with van der Waals surface area (Å²) in [7, 11) is 3.97. The predicted molar refractivity (Wildman–Crippen MR) is 69.8 cm³/mol. The molecule has 1 rings (SSSR count). The highest BCUT2D eigenvalue weighted by atomic mass is 35.5. The molecular weight excluding hydrogens is 240 g/mol. The van der Waals surface area contributed by atoms with Crippen LogP contribution in [-0.2, 0) is 4.79 Å². The molecule has 1 aromatic carbocycles. The molecule has 4 nitrogen and oxygen atoms in total. The Morgan fingerprint density at radius 1 is 1.47 bits per heavy atom. The van der Waals surface area contributed by atoms with Crippen LogP contribution in [-0.4, -0.2) is 43.9 Å². The lowest BCUT2D eigenvalue weighted by atomic mass is 10.3. The van der Waals surface area contributed by atoms with Crippen molar-refractivity contribution in [1.29, 1.82) is 0 Å². The quantitative estimate of drug-likeness (QED) is 0.790. The van der Waals surface area contributed by atoms with E-state index in [-0.39, 0.29) is 11.8 Å². The molecule has 0 aromatic heterocycles. The molecule has 1 N–H and O–H groups in total. The van der Waals surface area contributed by atoms with Gasteiger partial charge in [0.05, 0.1) is 0 Å². The van der Waals surface area contributed by atoms with E-state index in [1.165, 1.54) is 0 Å². The third-order valence-corrected chi connectivity index (χ3v) is 2.29. The number of likely N-dealkylation sites (N-methyl/N-ethyl adjacent to an activating group) is 1. The third-order valence-electron chi connectivity index (χ3n) is 2.05. The number of nitrogens with zero attached hydrogens (tertiary/aromatic N) is 1. The lowest BCUT2D eigenvalue weighted by Crippen LogP contribution is -2.19. The van der Waals surface area contributed by atoms with Crippen molar-refractivity contribution in [2.45, 2.75) is 0 Å². The number of carbonyl (C=O) groups is 1. The maximum atomic E-state index is 11.1. The highest BCUT2D eigenvalue weighted by molar-refractivity contribution is 6.29. The van der Waals surface area contributed by atoms with E-state index in [1.54, 1.807) is 12.1 Å². The van der Waals surface area contributed by atoms with E-state index in [0.29, 0.717) is 12.3 Å². The molecule has 0 bridgehead atoms. The maximum Gasteiger partial charge on any atom is 0.239 e. The molecule has 5 heteroatoms. The first-order valence-corrected chi connectivity index (χ1v) is 5.88. The zero-order valence-corrected chi connectivity index (χ0v) is 10.8. The summed E-state index contributed by atoms with van der Waals surface area (Å²) in [4.78, 5) is 13.1. The van der Waals surface area contributed by atoms with Crippen LogP contribution in [0.1, 0.15) is 0 Å². The van der Waals surface area contributed by atoms with Gasteiger partial charge in [-0.2, -0.15) is 0 Å². The van der Waals surface area contributed by atoms with Gasteiger partial charge in [0.2, 0.25) is 5.91 Å². The van der Waals surface area contributed by atoms with Gasteiger partial charge >= 0.3 is 0 Å². The Bertz CT molecular complexity index is 369. The summed E-state index contributed by atoms with van der Waals surface area (Å²) in [5.74, 6) is 0.461. The first-order valence-electron chi connectivity index (χ1n) is 5.35. The molecule has 0 fully saturated rings. The van der Waals surface area contributed by atoms with Crippen LogP contribution in [0.5, 0.6) is 5.75 Å². The summed E-state index contributed by atoms with van der Waals surface area (Å²) in [6, 6.07) is 7.25. The highest BCUT2D eigenvalue weighted by Crippen LogP contribution is 2.17. The maximum absolute atomic E-state index is 11.1. The van der Waals surface area contributed by atoms with Gasteiger partial charge in [-0.3, -0.25) is 4.79 Å². The van der Waals surface area contributed by atoms with Crippen LogP contribution < -0.4 is 10.1 Å². The molecule has 0 saturated heterocycles. The smallest absolute Gasteiger partial charge is 0.239 e. The van der Waals surface area contributed by atoms with Gasteiger partial charge in [-0.05, 0) is 26.2 Å². The average molecular weight is 257 g/mol. The molecule has 0 aliphatic heterocycles.